The van der Waals surface area contributed by atoms with Crippen LogP contribution in [-0.2, 0) is 0 Å². The summed E-state index contributed by atoms with van der Waals surface area (Å²) in [5, 5.41) is 5.10. The van der Waals surface area contributed by atoms with Crippen molar-refractivity contribution in [1.29, 1.82) is 0 Å². The second-order valence-electron chi connectivity index (χ2n) is 6.28. The van der Waals surface area contributed by atoms with E-state index in [-0.39, 0.29) is 0 Å². The fourth-order valence-corrected chi connectivity index (χ4v) is 5.04. The van der Waals surface area contributed by atoms with E-state index in [0.29, 0.717) is 17.2 Å². The third kappa shape index (κ3) is 4.26. The number of hydrogen-bond acceptors (Lipinski definition) is 2. The summed E-state index contributed by atoms with van der Waals surface area (Å²) in [6.07, 6.45) is 7.13. The first-order valence-corrected chi connectivity index (χ1v) is 9.04. The first-order valence-electron chi connectivity index (χ1n) is 8.10. The molecule has 1 saturated carbocycles. The van der Waals surface area contributed by atoms with Crippen LogP contribution in [0.1, 0.15) is 57.6 Å². The molecule has 0 saturated heterocycles. The molecule has 1 N–H and O–H groups in total. The van der Waals surface area contributed by atoms with E-state index >= 15 is 0 Å². The first-order chi connectivity index (χ1) is 9.72. The van der Waals surface area contributed by atoms with E-state index in [0.717, 1.165) is 5.25 Å². The van der Waals surface area contributed by atoms with E-state index in [2.05, 4.69) is 68.3 Å². The van der Waals surface area contributed by atoms with Crippen molar-refractivity contribution in [3.63, 3.8) is 0 Å². The van der Waals surface area contributed by atoms with Gasteiger partial charge in [0.15, 0.2) is 0 Å². The van der Waals surface area contributed by atoms with E-state index in [1.54, 1.807) is 0 Å². The molecule has 1 aromatic rings. The number of nitrogens with one attached hydrogen (secondary N) is 1. The van der Waals surface area contributed by atoms with Crippen molar-refractivity contribution in [1.82, 2.24) is 5.32 Å². The maximum absolute atomic E-state index is 3.57. The minimum absolute atomic E-state index is 0.461. The normalized spacial score (nSPS) is 20.0. The van der Waals surface area contributed by atoms with Crippen LogP contribution in [0.4, 0.5) is 0 Å². The van der Waals surface area contributed by atoms with Gasteiger partial charge >= 0.3 is 0 Å². The van der Waals surface area contributed by atoms with Gasteiger partial charge in [0.2, 0.25) is 0 Å². The molecule has 1 aliphatic carbocycles. The lowest BCUT2D eigenvalue weighted by atomic mass is 9.96. The fraction of sp³-hybridized carbons (Fsp3) is 0.667. The van der Waals surface area contributed by atoms with Gasteiger partial charge in [0.1, 0.15) is 0 Å². The molecule has 2 rings (SSSR count). The summed E-state index contributed by atoms with van der Waals surface area (Å²) in [5.74, 6) is 0.694. The van der Waals surface area contributed by atoms with Crippen LogP contribution in [0.2, 0.25) is 0 Å². The highest BCUT2D eigenvalue weighted by molar-refractivity contribution is 8.00. The number of hydrogen-bond donors (Lipinski definition) is 1. The van der Waals surface area contributed by atoms with Crippen LogP contribution in [-0.4, -0.2) is 17.5 Å². The zero-order valence-electron chi connectivity index (χ0n) is 13.1. The Morgan fingerprint density at radius 2 is 1.70 bits per heavy atom. The topological polar surface area (TPSA) is 12.0 Å². The summed E-state index contributed by atoms with van der Waals surface area (Å²) < 4.78 is 0. The molecule has 0 aromatic heterocycles. The van der Waals surface area contributed by atoms with Crippen LogP contribution in [0, 0.1) is 5.92 Å². The molecule has 0 bridgehead atoms. The maximum atomic E-state index is 3.57. The smallest absolute Gasteiger partial charge is 0.0440 e. The minimum atomic E-state index is 0.461. The molecule has 0 spiro atoms. The van der Waals surface area contributed by atoms with Crippen molar-refractivity contribution in [3.8, 4) is 0 Å². The number of benzene rings is 1. The lowest BCUT2D eigenvalue weighted by Gasteiger charge is -2.34. The predicted molar refractivity (Wildman–Crippen MR) is 91.3 cm³/mol. The van der Waals surface area contributed by atoms with Gasteiger partial charge in [-0.2, -0.15) is 11.8 Å². The second-order valence-corrected chi connectivity index (χ2v) is 7.76. The highest BCUT2D eigenvalue weighted by Crippen LogP contribution is 2.39. The Balaban J connectivity index is 2.09. The molecule has 2 heteroatoms. The van der Waals surface area contributed by atoms with Crippen LogP contribution in [0.15, 0.2) is 30.3 Å². The van der Waals surface area contributed by atoms with Gasteiger partial charge in [-0.05, 0) is 31.4 Å². The van der Waals surface area contributed by atoms with Crippen molar-refractivity contribution >= 4 is 11.8 Å². The average molecular weight is 292 g/mol. The molecule has 0 amide bonds. The average Bonchev–Trinajstić information content (AvgIpc) is 2.49. The van der Waals surface area contributed by atoms with Gasteiger partial charge < -0.3 is 5.32 Å². The standard InChI is InChI=1S/C18H29NS/c1-14(2)18(20-16-12-8-5-9-13-16)17(19-3)15-10-6-4-7-11-15/h4,6-7,10-11,14,16-19H,5,8-9,12-13H2,1-3H3. The van der Waals surface area contributed by atoms with Crippen molar-refractivity contribution in [2.75, 3.05) is 7.05 Å². The van der Waals surface area contributed by atoms with Gasteiger partial charge in [0, 0.05) is 16.5 Å². The SMILES string of the molecule is CNC(c1ccccc1)C(SC1CCCCC1)C(C)C. The number of thioether (sulfide) groups is 1. The lowest BCUT2D eigenvalue weighted by molar-refractivity contribution is 0.462. The number of rotatable bonds is 6. The Morgan fingerprint density at radius 3 is 2.25 bits per heavy atom. The summed E-state index contributed by atoms with van der Waals surface area (Å²) in [7, 11) is 2.11. The van der Waals surface area contributed by atoms with Crippen LogP contribution < -0.4 is 5.32 Å². The van der Waals surface area contributed by atoms with Gasteiger partial charge in [-0.15, -0.1) is 0 Å². The molecule has 0 radical (unpaired) electrons. The van der Waals surface area contributed by atoms with Crippen molar-refractivity contribution in [3.05, 3.63) is 35.9 Å². The van der Waals surface area contributed by atoms with Crippen molar-refractivity contribution < 1.29 is 0 Å². The largest absolute Gasteiger partial charge is 0.312 e. The van der Waals surface area contributed by atoms with E-state index in [9.17, 15) is 0 Å². The molecule has 1 aromatic carbocycles. The summed E-state index contributed by atoms with van der Waals surface area (Å²) in [4.78, 5) is 0. The fourth-order valence-electron chi connectivity index (χ4n) is 3.23. The zero-order valence-corrected chi connectivity index (χ0v) is 14.0. The highest BCUT2D eigenvalue weighted by Gasteiger charge is 2.28. The molecule has 2 unspecified atom stereocenters. The van der Waals surface area contributed by atoms with E-state index < -0.39 is 0 Å². The van der Waals surface area contributed by atoms with Gasteiger partial charge in [-0.1, -0.05) is 63.4 Å². The molecular formula is C18H29NS. The quantitative estimate of drug-likeness (QED) is 0.788. The van der Waals surface area contributed by atoms with Crippen LogP contribution in [0.5, 0.6) is 0 Å². The van der Waals surface area contributed by atoms with E-state index in [1.807, 2.05) is 0 Å². The second kappa shape index (κ2) is 8.09. The highest BCUT2D eigenvalue weighted by atomic mass is 32.2. The molecule has 20 heavy (non-hydrogen) atoms. The Kier molecular flexibility index (Phi) is 6.44. The zero-order chi connectivity index (χ0) is 14.4. The van der Waals surface area contributed by atoms with Gasteiger partial charge in [-0.25, -0.2) is 0 Å². The molecule has 112 valence electrons. The van der Waals surface area contributed by atoms with Gasteiger partial charge in [-0.3, -0.25) is 0 Å². The van der Waals surface area contributed by atoms with Crippen LogP contribution >= 0.6 is 11.8 Å². The molecule has 1 nitrogen and oxygen atoms in total. The van der Waals surface area contributed by atoms with Crippen LogP contribution in [0.25, 0.3) is 0 Å². The summed E-state index contributed by atoms with van der Waals surface area (Å²) in [6.45, 7) is 4.74. The molecule has 0 aliphatic heterocycles. The lowest BCUT2D eigenvalue weighted by Crippen LogP contribution is -2.33. The van der Waals surface area contributed by atoms with Crippen molar-refractivity contribution in [2.24, 2.45) is 5.92 Å². The molecule has 1 aliphatic rings. The Labute approximate surface area is 128 Å². The molecule has 2 atom stereocenters. The third-order valence-electron chi connectivity index (χ3n) is 4.36. The summed E-state index contributed by atoms with van der Waals surface area (Å²) >= 11 is 2.24. The van der Waals surface area contributed by atoms with Crippen LogP contribution in [0.3, 0.4) is 0 Å². The summed E-state index contributed by atoms with van der Waals surface area (Å²) in [6, 6.07) is 11.4. The van der Waals surface area contributed by atoms with Gasteiger partial charge in [0.25, 0.3) is 0 Å². The van der Waals surface area contributed by atoms with Crippen molar-refractivity contribution in [2.45, 2.75) is 62.5 Å². The van der Waals surface area contributed by atoms with E-state index in [4.69, 9.17) is 0 Å². The molecular weight excluding hydrogens is 262 g/mol. The monoisotopic (exact) mass is 291 g/mol. The van der Waals surface area contributed by atoms with E-state index in [1.165, 1.54) is 37.7 Å². The first kappa shape index (κ1) is 15.9. The Bertz CT molecular complexity index is 370. The van der Waals surface area contributed by atoms with Gasteiger partial charge in [0.05, 0.1) is 0 Å². The Morgan fingerprint density at radius 1 is 1.05 bits per heavy atom. The molecule has 1 fully saturated rings. The minimum Gasteiger partial charge on any atom is -0.312 e. The predicted octanol–water partition coefficient (Wildman–Crippen LogP) is 5.04. The maximum Gasteiger partial charge on any atom is 0.0440 e. The molecule has 0 heterocycles. The Hall–Kier alpha value is -0.470. The summed E-state index contributed by atoms with van der Waals surface area (Å²) in [5.41, 5.74) is 1.43. The third-order valence-corrected chi connectivity index (χ3v) is 6.34.